The van der Waals surface area contributed by atoms with Crippen molar-refractivity contribution in [1.29, 1.82) is 0 Å². The van der Waals surface area contributed by atoms with E-state index < -0.39 is 0 Å². The van der Waals surface area contributed by atoms with Crippen molar-refractivity contribution in [3.8, 4) is 0 Å². The average molecular weight is 309 g/mol. The highest BCUT2D eigenvalue weighted by Crippen LogP contribution is 2.23. The minimum atomic E-state index is 0.477. The molecule has 2 nitrogen and oxygen atoms in total. The third-order valence-corrected chi connectivity index (χ3v) is 4.01. The zero-order valence-electron chi connectivity index (χ0n) is 12.0. The summed E-state index contributed by atoms with van der Waals surface area (Å²) in [6, 6.07) is 6.35. The highest BCUT2D eigenvalue weighted by molar-refractivity contribution is 6.34. The SMILES string of the molecule is CCCc1c(Cl)nc(Cc2ccc(C)c(C)c2)nc1Cl. The van der Waals surface area contributed by atoms with E-state index in [1.165, 1.54) is 16.7 Å². The van der Waals surface area contributed by atoms with E-state index in [2.05, 4.69) is 48.9 Å². The Labute approximate surface area is 130 Å². The summed E-state index contributed by atoms with van der Waals surface area (Å²) >= 11 is 12.4. The summed E-state index contributed by atoms with van der Waals surface area (Å²) in [5, 5.41) is 0.955. The Balaban J connectivity index is 2.27. The van der Waals surface area contributed by atoms with E-state index in [4.69, 9.17) is 23.2 Å². The van der Waals surface area contributed by atoms with Gasteiger partial charge < -0.3 is 0 Å². The van der Waals surface area contributed by atoms with Crippen molar-refractivity contribution in [2.24, 2.45) is 0 Å². The molecule has 0 N–H and O–H groups in total. The van der Waals surface area contributed by atoms with E-state index in [0.717, 1.165) is 18.4 Å². The first-order valence-corrected chi connectivity index (χ1v) is 7.53. The molecule has 2 aromatic rings. The van der Waals surface area contributed by atoms with Crippen LogP contribution in [0.15, 0.2) is 18.2 Å². The van der Waals surface area contributed by atoms with Gasteiger partial charge in [-0.3, -0.25) is 0 Å². The van der Waals surface area contributed by atoms with Gasteiger partial charge >= 0.3 is 0 Å². The maximum atomic E-state index is 6.20. The number of halogens is 2. The molecule has 0 saturated heterocycles. The van der Waals surface area contributed by atoms with Crippen molar-refractivity contribution >= 4 is 23.2 Å². The van der Waals surface area contributed by atoms with Crippen LogP contribution in [0, 0.1) is 13.8 Å². The molecule has 0 bridgehead atoms. The molecule has 4 heteroatoms. The molecule has 0 aliphatic heterocycles. The minimum absolute atomic E-state index is 0.477. The molecule has 1 aromatic carbocycles. The molecule has 1 heterocycles. The summed E-state index contributed by atoms with van der Waals surface area (Å²) < 4.78 is 0. The van der Waals surface area contributed by atoms with Gasteiger partial charge in [0.15, 0.2) is 0 Å². The number of hydrogen-bond donors (Lipinski definition) is 0. The van der Waals surface area contributed by atoms with Crippen LogP contribution in [-0.2, 0) is 12.8 Å². The van der Waals surface area contributed by atoms with E-state index in [1.807, 2.05) is 0 Å². The van der Waals surface area contributed by atoms with E-state index in [-0.39, 0.29) is 0 Å². The lowest BCUT2D eigenvalue weighted by Gasteiger charge is -2.08. The number of nitrogens with zero attached hydrogens (tertiary/aromatic N) is 2. The molecule has 0 amide bonds. The van der Waals surface area contributed by atoms with Gasteiger partial charge in [-0.2, -0.15) is 0 Å². The van der Waals surface area contributed by atoms with Crippen LogP contribution in [0.2, 0.25) is 10.3 Å². The molecule has 2 rings (SSSR count). The van der Waals surface area contributed by atoms with Crippen LogP contribution >= 0.6 is 23.2 Å². The fourth-order valence-corrected chi connectivity index (χ4v) is 2.71. The van der Waals surface area contributed by atoms with Gasteiger partial charge in [0.05, 0.1) is 0 Å². The fourth-order valence-electron chi connectivity index (χ4n) is 2.10. The lowest BCUT2D eigenvalue weighted by atomic mass is 10.0. The first-order chi connectivity index (χ1) is 9.51. The van der Waals surface area contributed by atoms with E-state index in [9.17, 15) is 0 Å². The molecule has 0 atom stereocenters. The average Bonchev–Trinajstić information content (AvgIpc) is 2.38. The van der Waals surface area contributed by atoms with Crippen LogP contribution in [0.3, 0.4) is 0 Å². The van der Waals surface area contributed by atoms with Crippen molar-refractivity contribution in [1.82, 2.24) is 9.97 Å². The quantitative estimate of drug-likeness (QED) is 0.747. The molecule has 106 valence electrons. The Morgan fingerprint density at radius 1 is 1.00 bits per heavy atom. The Morgan fingerprint density at radius 2 is 1.65 bits per heavy atom. The summed E-state index contributed by atoms with van der Waals surface area (Å²) in [5.74, 6) is 0.670. The Hall–Kier alpha value is -1.12. The summed E-state index contributed by atoms with van der Waals surface area (Å²) in [4.78, 5) is 8.74. The predicted molar refractivity (Wildman–Crippen MR) is 84.8 cm³/mol. The maximum Gasteiger partial charge on any atom is 0.137 e. The van der Waals surface area contributed by atoms with Crippen molar-refractivity contribution < 1.29 is 0 Å². The van der Waals surface area contributed by atoms with Gasteiger partial charge in [0, 0.05) is 12.0 Å². The molecular weight excluding hydrogens is 291 g/mol. The smallest absolute Gasteiger partial charge is 0.137 e. The number of aryl methyl sites for hydroxylation is 2. The van der Waals surface area contributed by atoms with Gasteiger partial charge in [-0.15, -0.1) is 0 Å². The van der Waals surface area contributed by atoms with Gasteiger partial charge in [0.2, 0.25) is 0 Å². The molecule has 0 spiro atoms. The second kappa shape index (κ2) is 6.55. The molecular formula is C16H18Cl2N2. The Bertz CT molecular complexity index is 601. The standard InChI is InChI=1S/C16H18Cl2N2/c1-4-5-13-15(17)19-14(20-16(13)18)9-12-7-6-10(2)11(3)8-12/h6-8H,4-5,9H2,1-3H3. The summed E-state index contributed by atoms with van der Waals surface area (Å²) in [6.45, 7) is 6.28. The van der Waals surface area contributed by atoms with Crippen LogP contribution in [-0.4, -0.2) is 9.97 Å². The third-order valence-electron chi connectivity index (χ3n) is 3.39. The number of rotatable bonds is 4. The van der Waals surface area contributed by atoms with Gasteiger partial charge in [0.25, 0.3) is 0 Å². The number of benzene rings is 1. The van der Waals surface area contributed by atoms with Crippen LogP contribution in [0.25, 0.3) is 0 Å². The summed E-state index contributed by atoms with van der Waals surface area (Å²) in [5.41, 5.74) is 4.56. The first-order valence-electron chi connectivity index (χ1n) is 6.78. The fraction of sp³-hybridized carbons (Fsp3) is 0.375. The van der Waals surface area contributed by atoms with Crippen molar-refractivity contribution in [2.45, 2.75) is 40.0 Å². The van der Waals surface area contributed by atoms with Crippen LogP contribution in [0.1, 0.15) is 41.4 Å². The van der Waals surface area contributed by atoms with E-state index in [0.29, 0.717) is 22.6 Å². The molecule has 0 aliphatic carbocycles. The predicted octanol–water partition coefficient (Wildman–Crippen LogP) is 4.94. The van der Waals surface area contributed by atoms with Gasteiger partial charge in [-0.25, -0.2) is 9.97 Å². The summed E-state index contributed by atoms with van der Waals surface area (Å²) in [6.07, 6.45) is 2.42. The molecule has 20 heavy (non-hydrogen) atoms. The van der Waals surface area contributed by atoms with E-state index in [1.54, 1.807) is 0 Å². The Kier molecular flexibility index (Phi) is 5.00. The summed E-state index contributed by atoms with van der Waals surface area (Å²) in [7, 11) is 0. The lowest BCUT2D eigenvalue weighted by molar-refractivity contribution is 0.877. The van der Waals surface area contributed by atoms with Gasteiger partial charge in [0.1, 0.15) is 16.1 Å². The monoisotopic (exact) mass is 308 g/mol. The largest absolute Gasteiger partial charge is 0.220 e. The molecule has 0 radical (unpaired) electrons. The molecule has 0 saturated carbocycles. The normalized spacial score (nSPS) is 10.8. The van der Waals surface area contributed by atoms with Crippen molar-refractivity contribution in [2.75, 3.05) is 0 Å². The number of aromatic nitrogens is 2. The molecule has 0 aliphatic rings. The second-order valence-corrected chi connectivity index (χ2v) is 5.76. The molecule has 1 aromatic heterocycles. The Morgan fingerprint density at radius 3 is 2.20 bits per heavy atom. The lowest BCUT2D eigenvalue weighted by Crippen LogP contribution is -2.02. The zero-order chi connectivity index (χ0) is 14.7. The van der Waals surface area contributed by atoms with Gasteiger partial charge in [-0.05, 0) is 37.0 Å². The highest BCUT2D eigenvalue weighted by Gasteiger charge is 2.11. The maximum absolute atomic E-state index is 6.20. The topological polar surface area (TPSA) is 25.8 Å². The van der Waals surface area contributed by atoms with Crippen LogP contribution < -0.4 is 0 Å². The van der Waals surface area contributed by atoms with Crippen LogP contribution in [0.4, 0.5) is 0 Å². The molecule has 0 fully saturated rings. The highest BCUT2D eigenvalue weighted by atomic mass is 35.5. The first kappa shape index (κ1) is 15.3. The van der Waals surface area contributed by atoms with Crippen molar-refractivity contribution in [3.05, 3.63) is 56.6 Å². The van der Waals surface area contributed by atoms with Crippen LogP contribution in [0.5, 0.6) is 0 Å². The zero-order valence-corrected chi connectivity index (χ0v) is 13.5. The van der Waals surface area contributed by atoms with Crippen molar-refractivity contribution in [3.63, 3.8) is 0 Å². The number of hydrogen-bond acceptors (Lipinski definition) is 2. The minimum Gasteiger partial charge on any atom is -0.220 e. The second-order valence-electron chi connectivity index (χ2n) is 5.05. The van der Waals surface area contributed by atoms with E-state index >= 15 is 0 Å². The van der Waals surface area contributed by atoms with Gasteiger partial charge in [-0.1, -0.05) is 54.7 Å². The third kappa shape index (κ3) is 3.50. The molecule has 0 unspecified atom stereocenters.